The Hall–Kier alpha value is -0.880. The molecule has 1 unspecified atom stereocenters. The lowest BCUT2D eigenvalue weighted by Crippen LogP contribution is -2.05. The van der Waals surface area contributed by atoms with Gasteiger partial charge in [0.15, 0.2) is 0 Å². The number of benzene rings is 1. The summed E-state index contributed by atoms with van der Waals surface area (Å²) in [5.74, 6) is 0.750. The second-order valence-corrected chi connectivity index (χ2v) is 6.04. The van der Waals surface area contributed by atoms with Crippen LogP contribution in [0.4, 0.5) is 0 Å². The van der Waals surface area contributed by atoms with Crippen molar-refractivity contribution in [2.45, 2.75) is 13.0 Å². The number of methoxy groups -OCH3 is 1. The van der Waals surface area contributed by atoms with E-state index in [2.05, 4.69) is 15.9 Å². The smallest absolute Gasteiger partial charge is 0.133 e. The molecular weight excluding hydrogens is 340 g/mol. The second kappa shape index (κ2) is 7.22. The summed E-state index contributed by atoms with van der Waals surface area (Å²) in [7, 11) is 1.64. The molecule has 1 atom stereocenters. The van der Waals surface area contributed by atoms with Crippen molar-refractivity contribution in [1.82, 2.24) is 0 Å². The molecule has 1 N–H and O–H groups in total. The molecule has 0 radical (unpaired) electrons. The molecule has 108 valence electrons. The Bertz CT molecular complexity index is 568. The van der Waals surface area contributed by atoms with Gasteiger partial charge < -0.3 is 14.6 Å². The molecule has 0 spiro atoms. The molecule has 1 heterocycles. The van der Waals surface area contributed by atoms with Crippen molar-refractivity contribution in [2.24, 2.45) is 0 Å². The monoisotopic (exact) mass is 356 g/mol. The number of aryl methyl sites for hydroxylation is 1. The van der Waals surface area contributed by atoms with E-state index >= 15 is 0 Å². The van der Waals surface area contributed by atoms with E-state index in [0.29, 0.717) is 13.2 Å². The number of hydrogen-bond acceptors (Lipinski definition) is 4. The lowest BCUT2D eigenvalue weighted by Gasteiger charge is -2.14. The minimum atomic E-state index is -0.606. The van der Waals surface area contributed by atoms with E-state index in [4.69, 9.17) is 9.47 Å². The zero-order valence-corrected chi connectivity index (χ0v) is 13.8. The van der Waals surface area contributed by atoms with Crippen LogP contribution in [-0.4, -0.2) is 25.4 Å². The maximum atomic E-state index is 10.4. The van der Waals surface area contributed by atoms with Gasteiger partial charge in [-0.05, 0) is 62.4 Å². The molecule has 0 aliphatic heterocycles. The number of halogens is 1. The van der Waals surface area contributed by atoms with Crippen LogP contribution in [0.5, 0.6) is 5.75 Å². The van der Waals surface area contributed by atoms with Crippen molar-refractivity contribution >= 4 is 27.3 Å². The molecule has 5 heteroatoms. The summed E-state index contributed by atoms with van der Waals surface area (Å²) in [6.07, 6.45) is -0.606. The molecule has 0 saturated carbocycles. The summed E-state index contributed by atoms with van der Waals surface area (Å²) in [6.45, 7) is 3.05. The number of ether oxygens (including phenoxy) is 2. The number of aliphatic hydroxyl groups excluding tert-OH is 1. The van der Waals surface area contributed by atoms with Gasteiger partial charge in [0.05, 0.1) is 11.1 Å². The first kappa shape index (κ1) is 15.5. The molecule has 1 aromatic heterocycles. The maximum Gasteiger partial charge on any atom is 0.133 e. The lowest BCUT2D eigenvalue weighted by molar-refractivity contribution is 0.146. The predicted octanol–water partition coefficient (Wildman–Crippen LogP) is 3.93. The molecule has 20 heavy (non-hydrogen) atoms. The molecule has 2 rings (SSSR count). The van der Waals surface area contributed by atoms with Crippen LogP contribution < -0.4 is 4.74 Å². The van der Waals surface area contributed by atoms with Crippen molar-refractivity contribution in [3.8, 4) is 5.75 Å². The minimum Gasteiger partial charge on any atom is -0.490 e. The molecule has 0 bridgehead atoms. The Labute approximate surface area is 131 Å². The van der Waals surface area contributed by atoms with Gasteiger partial charge in [-0.1, -0.05) is 6.07 Å². The summed E-state index contributed by atoms with van der Waals surface area (Å²) in [6, 6.07) is 5.64. The van der Waals surface area contributed by atoms with Gasteiger partial charge in [0, 0.05) is 7.11 Å². The van der Waals surface area contributed by atoms with Crippen LogP contribution in [-0.2, 0) is 4.74 Å². The van der Waals surface area contributed by atoms with Crippen LogP contribution >= 0.6 is 27.3 Å². The van der Waals surface area contributed by atoms with Crippen molar-refractivity contribution < 1.29 is 14.6 Å². The Morgan fingerprint density at radius 2 is 2.10 bits per heavy atom. The van der Waals surface area contributed by atoms with Crippen LogP contribution in [0.3, 0.4) is 0 Å². The Morgan fingerprint density at radius 3 is 2.70 bits per heavy atom. The lowest BCUT2D eigenvalue weighted by atomic mass is 10.0. The van der Waals surface area contributed by atoms with E-state index in [1.807, 2.05) is 35.9 Å². The molecule has 0 amide bonds. The third kappa shape index (κ3) is 3.61. The summed E-state index contributed by atoms with van der Waals surface area (Å²) in [4.78, 5) is 0. The van der Waals surface area contributed by atoms with E-state index in [-0.39, 0.29) is 0 Å². The number of rotatable bonds is 6. The molecule has 0 aliphatic carbocycles. The maximum absolute atomic E-state index is 10.4. The van der Waals surface area contributed by atoms with Gasteiger partial charge in [0.1, 0.15) is 18.5 Å². The largest absolute Gasteiger partial charge is 0.490 e. The van der Waals surface area contributed by atoms with Gasteiger partial charge in [-0.2, -0.15) is 11.3 Å². The summed E-state index contributed by atoms with van der Waals surface area (Å²) in [5.41, 5.74) is 2.91. The molecule has 3 nitrogen and oxygen atoms in total. The van der Waals surface area contributed by atoms with E-state index in [1.165, 1.54) is 0 Å². The average molecular weight is 357 g/mol. The highest BCUT2D eigenvalue weighted by Gasteiger charge is 2.15. The fraction of sp³-hybridized carbons (Fsp3) is 0.333. The van der Waals surface area contributed by atoms with Crippen LogP contribution in [0.2, 0.25) is 0 Å². The second-order valence-electron chi connectivity index (χ2n) is 4.44. The molecule has 0 fully saturated rings. The summed E-state index contributed by atoms with van der Waals surface area (Å²) < 4.78 is 11.4. The number of thiophene rings is 1. The van der Waals surface area contributed by atoms with Gasteiger partial charge in [0.2, 0.25) is 0 Å². The van der Waals surface area contributed by atoms with Crippen LogP contribution in [0.1, 0.15) is 22.8 Å². The third-order valence-corrected chi connectivity index (χ3v) is 4.51. The topological polar surface area (TPSA) is 38.7 Å². The minimum absolute atomic E-state index is 0.501. The summed E-state index contributed by atoms with van der Waals surface area (Å²) in [5, 5.41) is 14.4. The highest BCUT2D eigenvalue weighted by molar-refractivity contribution is 9.10. The number of hydrogen-bond donors (Lipinski definition) is 1. The van der Waals surface area contributed by atoms with Crippen LogP contribution in [0.25, 0.3) is 0 Å². The highest BCUT2D eigenvalue weighted by atomic mass is 79.9. The zero-order chi connectivity index (χ0) is 14.5. The van der Waals surface area contributed by atoms with Gasteiger partial charge >= 0.3 is 0 Å². The quantitative estimate of drug-likeness (QED) is 0.797. The van der Waals surface area contributed by atoms with E-state index in [9.17, 15) is 5.11 Å². The van der Waals surface area contributed by atoms with Gasteiger partial charge in [-0.15, -0.1) is 0 Å². The standard InChI is InChI=1S/C15H17BrO3S/c1-10-8-20-9-12(10)15(17)11-3-4-14(13(16)7-11)19-6-5-18-2/h3-4,7-9,15,17H,5-6H2,1-2H3. The molecule has 0 aliphatic rings. The van der Waals surface area contributed by atoms with Crippen molar-refractivity contribution in [3.63, 3.8) is 0 Å². The first-order chi connectivity index (χ1) is 9.63. The normalized spacial score (nSPS) is 12.4. The number of aliphatic hydroxyl groups is 1. The van der Waals surface area contributed by atoms with Crippen molar-refractivity contribution in [1.29, 1.82) is 0 Å². The first-order valence-corrected chi connectivity index (χ1v) is 7.99. The Morgan fingerprint density at radius 1 is 1.30 bits per heavy atom. The van der Waals surface area contributed by atoms with E-state index in [0.717, 1.165) is 26.9 Å². The van der Waals surface area contributed by atoms with Gasteiger partial charge in [-0.3, -0.25) is 0 Å². The van der Waals surface area contributed by atoms with Crippen LogP contribution in [0, 0.1) is 6.92 Å². The van der Waals surface area contributed by atoms with Crippen LogP contribution in [0.15, 0.2) is 33.4 Å². The fourth-order valence-electron chi connectivity index (χ4n) is 1.87. The average Bonchev–Trinajstić information content (AvgIpc) is 2.86. The molecular formula is C15H17BrO3S. The fourth-order valence-corrected chi connectivity index (χ4v) is 3.25. The third-order valence-electron chi connectivity index (χ3n) is 3.01. The highest BCUT2D eigenvalue weighted by Crippen LogP contribution is 2.32. The Kier molecular flexibility index (Phi) is 5.60. The SMILES string of the molecule is COCCOc1ccc(C(O)c2cscc2C)cc1Br. The van der Waals surface area contributed by atoms with E-state index < -0.39 is 6.10 Å². The van der Waals surface area contributed by atoms with Crippen molar-refractivity contribution in [3.05, 3.63) is 50.1 Å². The van der Waals surface area contributed by atoms with Gasteiger partial charge in [0.25, 0.3) is 0 Å². The Balaban J connectivity index is 2.14. The van der Waals surface area contributed by atoms with Gasteiger partial charge in [-0.25, -0.2) is 0 Å². The zero-order valence-electron chi connectivity index (χ0n) is 11.4. The molecule has 1 aromatic carbocycles. The molecule has 0 saturated heterocycles. The predicted molar refractivity (Wildman–Crippen MR) is 84.6 cm³/mol. The van der Waals surface area contributed by atoms with Crippen molar-refractivity contribution in [2.75, 3.05) is 20.3 Å². The first-order valence-electron chi connectivity index (χ1n) is 6.25. The van der Waals surface area contributed by atoms with E-state index in [1.54, 1.807) is 18.4 Å². The molecule has 2 aromatic rings. The summed E-state index contributed by atoms with van der Waals surface area (Å²) >= 11 is 5.07.